The molecule has 0 radical (unpaired) electrons. The fourth-order valence-electron chi connectivity index (χ4n) is 1.61. The van der Waals surface area contributed by atoms with Gasteiger partial charge in [-0.05, 0) is 13.8 Å². The minimum absolute atomic E-state index is 0.379. The highest BCUT2D eigenvalue weighted by molar-refractivity contribution is 5.26. The first-order valence-electron chi connectivity index (χ1n) is 5.77. The molecule has 0 saturated carbocycles. The molecule has 0 unspecified atom stereocenters. The zero-order valence-electron chi connectivity index (χ0n) is 10.5. The number of aromatic nitrogens is 5. The van der Waals surface area contributed by atoms with Crippen molar-refractivity contribution in [1.29, 1.82) is 0 Å². The van der Waals surface area contributed by atoms with Gasteiger partial charge in [-0.1, -0.05) is 0 Å². The van der Waals surface area contributed by atoms with Gasteiger partial charge in [0.2, 0.25) is 5.95 Å². The quantitative estimate of drug-likeness (QED) is 0.840. The van der Waals surface area contributed by atoms with E-state index < -0.39 is 0 Å². The van der Waals surface area contributed by atoms with Crippen LogP contribution in [0.15, 0.2) is 18.7 Å². The van der Waals surface area contributed by atoms with Crippen molar-refractivity contribution in [3.63, 3.8) is 0 Å². The van der Waals surface area contributed by atoms with Crippen molar-refractivity contribution in [2.24, 2.45) is 7.05 Å². The minimum Gasteiger partial charge on any atom is -0.353 e. The summed E-state index contributed by atoms with van der Waals surface area (Å²) >= 11 is 0. The molecule has 2 aromatic heterocycles. The highest BCUT2D eigenvalue weighted by Crippen LogP contribution is 2.07. The Bertz CT molecular complexity index is 470. The molecule has 1 N–H and O–H groups in total. The second-order valence-electron chi connectivity index (χ2n) is 4.33. The van der Waals surface area contributed by atoms with E-state index >= 15 is 0 Å². The third kappa shape index (κ3) is 3.05. The smallest absolute Gasteiger partial charge is 0.202 e. The lowest BCUT2D eigenvalue weighted by molar-refractivity contribution is 0.657. The lowest BCUT2D eigenvalue weighted by Crippen LogP contribution is -2.15. The normalized spacial score (nSPS) is 11.1. The molecule has 0 aliphatic heterocycles. The summed E-state index contributed by atoms with van der Waals surface area (Å²) in [6, 6.07) is 0.379. The van der Waals surface area contributed by atoms with E-state index in [1.165, 1.54) is 0 Å². The van der Waals surface area contributed by atoms with Gasteiger partial charge in [0.05, 0.1) is 0 Å². The Hall–Kier alpha value is -1.85. The third-order valence-corrected chi connectivity index (χ3v) is 2.36. The molecule has 0 saturated heterocycles. The molecule has 0 aliphatic rings. The van der Waals surface area contributed by atoms with Crippen molar-refractivity contribution in [1.82, 2.24) is 24.3 Å². The highest BCUT2D eigenvalue weighted by Gasteiger charge is 2.05. The maximum absolute atomic E-state index is 4.28. The van der Waals surface area contributed by atoms with Gasteiger partial charge in [-0.3, -0.25) is 4.68 Å². The van der Waals surface area contributed by atoms with Gasteiger partial charge in [-0.2, -0.15) is 5.10 Å². The van der Waals surface area contributed by atoms with Crippen LogP contribution in [0.5, 0.6) is 0 Å². The van der Waals surface area contributed by atoms with Crippen LogP contribution in [0.2, 0.25) is 0 Å². The Morgan fingerprint density at radius 1 is 1.35 bits per heavy atom. The summed E-state index contributed by atoms with van der Waals surface area (Å²) in [6.07, 6.45) is 6.30. The minimum atomic E-state index is 0.379. The molecule has 0 fully saturated rings. The lowest BCUT2D eigenvalue weighted by atomic mass is 10.4. The number of hydrogen-bond acceptors (Lipinski definition) is 4. The number of rotatable bonds is 5. The van der Waals surface area contributed by atoms with Crippen LogP contribution >= 0.6 is 0 Å². The summed E-state index contributed by atoms with van der Waals surface area (Å²) < 4.78 is 3.80. The highest BCUT2D eigenvalue weighted by atomic mass is 15.3. The van der Waals surface area contributed by atoms with Gasteiger partial charge >= 0.3 is 0 Å². The maximum atomic E-state index is 4.28. The van der Waals surface area contributed by atoms with E-state index in [1.54, 1.807) is 17.2 Å². The van der Waals surface area contributed by atoms with Crippen LogP contribution < -0.4 is 5.32 Å². The maximum Gasteiger partial charge on any atom is 0.202 e. The summed E-state index contributed by atoms with van der Waals surface area (Å²) in [5.41, 5.74) is 0. The van der Waals surface area contributed by atoms with Gasteiger partial charge in [-0.25, -0.2) is 9.97 Å². The van der Waals surface area contributed by atoms with E-state index in [1.807, 2.05) is 13.2 Å². The van der Waals surface area contributed by atoms with Crippen LogP contribution in [0, 0.1) is 0 Å². The number of aryl methyl sites for hydroxylation is 3. The molecule has 6 nitrogen and oxygen atoms in total. The summed E-state index contributed by atoms with van der Waals surface area (Å²) in [5, 5.41) is 7.55. The Labute approximate surface area is 101 Å². The Balaban J connectivity index is 1.97. The van der Waals surface area contributed by atoms with Gasteiger partial charge in [0, 0.05) is 38.4 Å². The molecule has 2 heterocycles. The fourth-order valence-corrected chi connectivity index (χ4v) is 1.61. The summed E-state index contributed by atoms with van der Waals surface area (Å²) in [5.74, 6) is 1.76. The topological polar surface area (TPSA) is 60.6 Å². The molecule has 0 bridgehead atoms. The van der Waals surface area contributed by atoms with E-state index in [0.29, 0.717) is 6.04 Å². The fraction of sp³-hybridized carbons (Fsp3) is 0.545. The van der Waals surface area contributed by atoms with Crippen LogP contribution in [0.1, 0.15) is 19.7 Å². The Morgan fingerprint density at radius 3 is 2.82 bits per heavy atom. The number of anilines is 1. The first kappa shape index (κ1) is 11.6. The number of imidazole rings is 1. The number of nitrogens with zero attached hydrogens (tertiary/aromatic N) is 5. The lowest BCUT2D eigenvalue weighted by Gasteiger charge is -2.11. The van der Waals surface area contributed by atoms with Crippen LogP contribution in [0.25, 0.3) is 0 Å². The Kier molecular flexibility index (Phi) is 3.41. The van der Waals surface area contributed by atoms with Gasteiger partial charge < -0.3 is 9.88 Å². The number of nitrogens with one attached hydrogen (secondary N) is 1. The predicted molar refractivity (Wildman–Crippen MR) is 65.7 cm³/mol. The molecule has 2 aromatic rings. The Morgan fingerprint density at radius 2 is 2.18 bits per heavy atom. The summed E-state index contributed by atoms with van der Waals surface area (Å²) in [4.78, 5) is 8.48. The molecule has 2 rings (SSSR count). The van der Waals surface area contributed by atoms with Crippen molar-refractivity contribution < 1.29 is 0 Å². The average Bonchev–Trinajstić information content (AvgIpc) is 2.84. The van der Waals surface area contributed by atoms with Crippen molar-refractivity contribution >= 4 is 5.95 Å². The molecular formula is C11H18N6. The second kappa shape index (κ2) is 4.99. The number of hydrogen-bond donors (Lipinski definition) is 1. The standard InChI is InChI=1S/C11H18N6/c1-9(2)14-11-12-5-7-17(11)6-4-10-13-8-16(3)15-10/h5,7-9H,4,6H2,1-3H3,(H,12,14). The largest absolute Gasteiger partial charge is 0.353 e. The van der Waals surface area contributed by atoms with E-state index in [2.05, 4.69) is 38.8 Å². The first-order chi connectivity index (χ1) is 8.15. The molecule has 6 heteroatoms. The van der Waals surface area contributed by atoms with Crippen molar-refractivity contribution in [2.75, 3.05) is 5.32 Å². The zero-order valence-corrected chi connectivity index (χ0v) is 10.5. The van der Waals surface area contributed by atoms with E-state index in [9.17, 15) is 0 Å². The molecule has 92 valence electrons. The van der Waals surface area contributed by atoms with Crippen LogP contribution in [0.4, 0.5) is 5.95 Å². The van der Waals surface area contributed by atoms with Crippen molar-refractivity contribution in [3.8, 4) is 0 Å². The third-order valence-electron chi connectivity index (χ3n) is 2.36. The van der Waals surface area contributed by atoms with Crippen LogP contribution in [-0.4, -0.2) is 30.4 Å². The van der Waals surface area contributed by atoms with Gasteiger partial charge in [0.15, 0.2) is 5.82 Å². The van der Waals surface area contributed by atoms with E-state index in [0.717, 1.165) is 24.7 Å². The van der Waals surface area contributed by atoms with Gasteiger partial charge in [0.25, 0.3) is 0 Å². The van der Waals surface area contributed by atoms with Crippen molar-refractivity contribution in [2.45, 2.75) is 32.9 Å². The van der Waals surface area contributed by atoms with Crippen LogP contribution in [0.3, 0.4) is 0 Å². The first-order valence-corrected chi connectivity index (χ1v) is 5.77. The van der Waals surface area contributed by atoms with Crippen LogP contribution in [-0.2, 0) is 20.0 Å². The van der Waals surface area contributed by atoms with Crippen molar-refractivity contribution in [3.05, 3.63) is 24.5 Å². The van der Waals surface area contributed by atoms with Gasteiger partial charge in [0.1, 0.15) is 6.33 Å². The van der Waals surface area contributed by atoms with E-state index in [-0.39, 0.29) is 0 Å². The molecule has 0 atom stereocenters. The molecule has 0 aliphatic carbocycles. The monoisotopic (exact) mass is 234 g/mol. The molecule has 0 aromatic carbocycles. The summed E-state index contributed by atoms with van der Waals surface area (Å²) in [6.45, 7) is 5.03. The van der Waals surface area contributed by atoms with E-state index in [4.69, 9.17) is 0 Å². The average molecular weight is 234 g/mol. The molecular weight excluding hydrogens is 216 g/mol. The predicted octanol–water partition coefficient (Wildman–Crippen LogP) is 1.07. The second-order valence-corrected chi connectivity index (χ2v) is 4.33. The SMILES string of the molecule is CC(C)Nc1nccn1CCc1ncn(C)n1. The van der Waals surface area contributed by atoms with Gasteiger partial charge in [-0.15, -0.1) is 0 Å². The summed E-state index contributed by atoms with van der Waals surface area (Å²) in [7, 11) is 1.87. The molecule has 0 spiro atoms. The zero-order chi connectivity index (χ0) is 12.3. The molecule has 0 amide bonds. The molecule has 17 heavy (non-hydrogen) atoms.